The molecule has 0 spiro atoms. The summed E-state index contributed by atoms with van der Waals surface area (Å²) in [5.74, 6) is -0.599. The van der Waals surface area contributed by atoms with Gasteiger partial charge in [-0.25, -0.2) is 4.39 Å². The molecule has 0 saturated carbocycles. The van der Waals surface area contributed by atoms with E-state index in [1.165, 1.54) is 18.2 Å². The largest absolute Gasteiger partial charge is 0.388 e. The number of halogens is 2. The van der Waals surface area contributed by atoms with Gasteiger partial charge in [0.25, 0.3) is 5.91 Å². The van der Waals surface area contributed by atoms with Gasteiger partial charge in [0.1, 0.15) is 5.82 Å². The normalized spacial score (nSPS) is 10.1. The molecule has 3 nitrogen and oxygen atoms in total. The van der Waals surface area contributed by atoms with Crippen LogP contribution < -0.4 is 10.6 Å². The van der Waals surface area contributed by atoms with Gasteiger partial charge in [0.05, 0.1) is 5.69 Å². The highest BCUT2D eigenvalue weighted by Crippen LogP contribution is 2.23. The van der Waals surface area contributed by atoms with Crippen molar-refractivity contribution in [3.05, 3.63) is 58.3 Å². The molecule has 19 heavy (non-hydrogen) atoms. The first kappa shape index (κ1) is 13.5. The van der Waals surface area contributed by atoms with Crippen LogP contribution in [0.4, 0.5) is 15.8 Å². The van der Waals surface area contributed by atoms with Crippen molar-refractivity contribution in [3.8, 4) is 0 Å². The minimum Gasteiger partial charge on any atom is -0.388 e. The first-order valence-electron chi connectivity index (χ1n) is 5.64. The Morgan fingerprint density at radius 2 is 1.84 bits per heavy atom. The summed E-state index contributed by atoms with van der Waals surface area (Å²) >= 11 is 3.21. The molecule has 0 saturated heterocycles. The highest BCUT2D eigenvalue weighted by Gasteiger charge is 2.08. The number of hydrogen-bond donors (Lipinski definition) is 2. The van der Waals surface area contributed by atoms with E-state index in [0.29, 0.717) is 15.7 Å². The molecule has 0 atom stereocenters. The summed E-state index contributed by atoms with van der Waals surface area (Å²) < 4.78 is 13.4. The van der Waals surface area contributed by atoms with E-state index >= 15 is 0 Å². The second kappa shape index (κ2) is 5.84. The number of nitrogens with one attached hydrogen (secondary N) is 2. The van der Waals surface area contributed by atoms with Crippen LogP contribution in [0.1, 0.15) is 10.4 Å². The van der Waals surface area contributed by atoms with E-state index in [2.05, 4.69) is 26.6 Å². The second-order valence-corrected chi connectivity index (χ2v) is 4.76. The monoisotopic (exact) mass is 322 g/mol. The SMILES string of the molecule is CNc1ccc(C(=O)Nc2ccc(F)cc2Br)cc1. The molecule has 0 aliphatic carbocycles. The summed E-state index contributed by atoms with van der Waals surface area (Å²) in [7, 11) is 1.81. The van der Waals surface area contributed by atoms with Crippen LogP contribution in [-0.2, 0) is 0 Å². The van der Waals surface area contributed by atoms with Gasteiger partial charge in [-0.2, -0.15) is 0 Å². The second-order valence-electron chi connectivity index (χ2n) is 3.91. The summed E-state index contributed by atoms with van der Waals surface area (Å²) in [6.45, 7) is 0. The fraction of sp³-hybridized carbons (Fsp3) is 0.0714. The first-order chi connectivity index (χ1) is 9.10. The Kier molecular flexibility index (Phi) is 4.16. The Hall–Kier alpha value is -1.88. The van der Waals surface area contributed by atoms with Crippen LogP contribution in [0, 0.1) is 5.82 Å². The Labute approximate surface area is 119 Å². The number of rotatable bonds is 3. The number of anilines is 2. The maximum Gasteiger partial charge on any atom is 0.255 e. The lowest BCUT2D eigenvalue weighted by molar-refractivity contribution is 0.102. The van der Waals surface area contributed by atoms with Gasteiger partial charge < -0.3 is 10.6 Å². The quantitative estimate of drug-likeness (QED) is 0.900. The molecule has 0 aromatic heterocycles. The maximum absolute atomic E-state index is 12.9. The molecule has 0 aliphatic rings. The molecule has 0 heterocycles. The Bertz CT molecular complexity index is 599. The van der Waals surface area contributed by atoms with Crippen LogP contribution in [0.25, 0.3) is 0 Å². The molecule has 5 heteroatoms. The van der Waals surface area contributed by atoms with E-state index in [-0.39, 0.29) is 11.7 Å². The van der Waals surface area contributed by atoms with Crippen molar-refractivity contribution in [2.75, 3.05) is 17.7 Å². The van der Waals surface area contributed by atoms with Crippen LogP contribution in [-0.4, -0.2) is 13.0 Å². The molecule has 0 fully saturated rings. The topological polar surface area (TPSA) is 41.1 Å². The van der Waals surface area contributed by atoms with Crippen molar-refractivity contribution in [2.45, 2.75) is 0 Å². The van der Waals surface area contributed by atoms with Crippen molar-refractivity contribution in [2.24, 2.45) is 0 Å². The fourth-order valence-electron chi connectivity index (χ4n) is 1.57. The lowest BCUT2D eigenvalue weighted by atomic mass is 10.2. The van der Waals surface area contributed by atoms with E-state index in [4.69, 9.17) is 0 Å². The third-order valence-corrected chi connectivity index (χ3v) is 3.27. The van der Waals surface area contributed by atoms with Crippen molar-refractivity contribution in [1.82, 2.24) is 0 Å². The zero-order chi connectivity index (χ0) is 13.8. The third-order valence-electron chi connectivity index (χ3n) is 2.62. The van der Waals surface area contributed by atoms with E-state index in [1.807, 2.05) is 19.2 Å². The summed E-state index contributed by atoms with van der Waals surface area (Å²) in [6, 6.07) is 11.2. The predicted molar refractivity (Wildman–Crippen MR) is 78.0 cm³/mol. The lowest BCUT2D eigenvalue weighted by Crippen LogP contribution is -2.12. The maximum atomic E-state index is 12.9. The average Bonchev–Trinajstić information content (AvgIpc) is 2.42. The molecule has 2 rings (SSSR count). The highest BCUT2D eigenvalue weighted by atomic mass is 79.9. The van der Waals surface area contributed by atoms with E-state index < -0.39 is 0 Å². The molecule has 0 bridgehead atoms. The van der Waals surface area contributed by atoms with Crippen molar-refractivity contribution in [1.29, 1.82) is 0 Å². The standard InChI is InChI=1S/C14H12BrFN2O/c1-17-11-5-2-9(3-6-11)14(19)18-13-7-4-10(16)8-12(13)15/h2-8,17H,1H3,(H,18,19). The van der Waals surface area contributed by atoms with E-state index in [9.17, 15) is 9.18 Å². The van der Waals surface area contributed by atoms with Crippen molar-refractivity contribution in [3.63, 3.8) is 0 Å². The van der Waals surface area contributed by atoms with Gasteiger partial charge in [0, 0.05) is 22.8 Å². The van der Waals surface area contributed by atoms with Crippen molar-refractivity contribution >= 4 is 33.2 Å². The molecule has 98 valence electrons. The zero-order valence-corrected chi connectivity index (χ0v) is 11.8. The van der Waals surface area contributed by atoms with Gasteiger partial charge in [-0.15, -0.1) is 0 Å². The molecule has 0 aliphatic heterocycles. The molecule has 0 unspecified atom stereocenters. The minimum absolute atomic E-state index is 0.241. The summed E-state index contributed by atoms with van der Waals surface area (Å²) in [6.07, 6.45) is 0. The van der Waals surface area contributed by atoms with E-state index in [1.54, 1.807) is 12.1 Å². The number of amides is 1. The van der Waals surface area contributed by atoms with Gasteiger partial charge in [-0.05, 0) is 58.4 Å². The summed E-state index contributed by atoms with van der Waals surface area (Å²) in [5.41, 5.74) is 2.00. The van der Waals surface area contributed by atoms with Gasteiger partial charge >= 0.3 is 0 Å². The molecular weight excluding hydrogens is 311 g/mol. The number of carbonyl (C=O) groups excluding carboxylic acids is 1. The smallest absolute Gasteiger partial charge is 0.255 e. The molecule has 2 aromatic rings. The Balaban J connectivity index is 2.15. The molecule has 2 N–H and O–H groups in total. The summed E-state index contributed by atoms with van der Waals surface area (Å²) in [5, 5.41) is 5.70. The number of carbonyl (C=O) groups is 1. The minimum atomic E-state index is -0.358. The molecule has 0 radical (unpaired) electrons. The fourth-order valence-corrected chi connectivity index (χ4v) is 2.02. The summed E-state index contributed by atoms with van der Waals surface area (Å²) in [4.78, 5) is 12.0. The van der Waals surface area contributed by atoms with Crippen LogP contribution in [0.2, 0.25) is 0 Å². The number of hydrogen-bond acceptors (Lipinski definition) is 2. The Morgan fingerprint density at radius 3 is 2.42 bits per heavy atom. The van der Waals surface area contributed by atoms with Crippen LogP contribution in [0.5, 0.6) is 0 Å². The van der Waals surface area contributed by atoms with Crippen LogP contribution in [0.15, 0.2) is 46.9 Å². The predicted octanol–water partition coefficient (Wildman–Crippen LogP) is 3.88. The van der Waals surface area contributed by atoms with Gasteiger partial charge in [0.15, 0.2) is 0 Å². The van der Waals surface area contributed by atoms with Crippen molar-refractivity contribution < 1.29 is 9.18 Å². The third kappa shape index (κ3) is 3.32. The van der Waals surface area contributed by atoms with Crippen LogP contribution in [0.3, 0.4) is 0 Å². The lowest BCUT2D eigenvalue weighted by Gasteiger charge is -2.08. The zero-order valence-electron chi connectivity index (χ0n) is 10.2. The average molecular weight is 323 g/mol. The van der Waals surface area contributed by atoms with E-state index in [0.717, 1.165) is 5.69 Å². The van der Waals surface area contributed by atoms with Crippen LogP contribution >= 0.6 is 15.9 Å². The number of benzene rings is 2. The van der Waals surface area contributed by atoms with Gasteiger partial charge in [-0.1, -0.05) is 0 Å². The Morgan fingerprint density at radius 1 is 1.16 bits per heavy atom. The molecule has 2 aromatic carbocycles. The molecule has 1 amide bonds. The van der Waals surface area contributed by atoms with Gasteiger partial charge in [0.2, 0.25) is 0 Å². The first-order valence-corrected chi connectivity index (χ1v) is 6.43. The van der Waals surface area contributed by atoms with Gasteiger partial charge in [-0.3, -0.25) is 4.79 Å². The molecular formula is C14H12BrFN2O. The highest BCUT2D eigenvalue weighted by molar-refractivity contribution is 9.10.